The molecule has 0 bridgehead atoms. The van der Waals surface area contributed by atoms with Gasteiger partial charge in [-0.2, -0.15) is 0 Å². The van der Waals surface area contributed by atoms with Gasteiger partial charge in [0, 0.05) is 11.0 Å². The summed E-state index contributed by atoms with van der Waals surface area (Å²) in [5, 5.41) is 9.24. The van der Waals surface area contributed by atoms with Gasteiger partial charge in [0.25, 0.3) is 5.91 Å². The highest BCUT2D eigenvalue weighted by Gasteiger charge is 2.29. The molecule has 0 aromatic heterocycles. The van der Waals surface area contributed by atoms with E-state index in [9.17, 15) is 9.90 Å². The number of aliphatic hydroxyl groups excluding tert-OH is 1. The first kappa shape index (κ1) is 12.6. The van der Waals surface area contributed by atoms with Crippen LogP contribution in [0.2, 0.25) is 0 Å². The van der Waals surface area contributed by atoms with E-state index in [1.807, 2.05) is 25.1 Å². The minimum absolute atomic E-state index is 0.00780. The highest BCUT2D eigenvalue weighted by molar-refractivity contribution is 9.10. The molecule has 1 aliphatic heterocycles. The summed E-state index contributed by atoms with van der Waals surface area (Å²) in [5.41, 5.74) is 1.80. The zero-order valence-electron chi connectivity index (χ0n) is 9.82. The average Bonchev–Trinajstić information content (AvgIpc) is 2.76. The number of hydrogen-bond acceptors (Lipinski definition) is 2. The van der Waals surface area contributed by atoms with E-state index >= 15 is 0 Å². The molecule has 0 unspecified atom stereocenters. The first-order valence-corrected chi connectivity index (χ1v) is 6.60. The molecule has 0 aliphatic carbocycles. The van der Waals surface area contributed by atoms with E-state index in [1.54, 1.807) is 4.90 Å². The second-order valence-corrected chi connectivity index (χ2v) is 5.31. The first-order chi connectivity index (χ1) is 8.13. The third kappa shape index (κ3) is 2.53. The minimum Gasteiger partial charge on any atom is -0.394 e. The van der Waals surface area contributed by atoms with Gasteiger partial charge in [-0.15, -0.1) is 0 Å². The fourth-order valence-corrected chi connectivity index (χ4v) is 2.90. The van der Waals surface area contributed by atoms with Gasteiger partial charge in [0.1, 0.15) is 0 Å². The van der Waals surface area contributed by atoms with E-state index in [0.29, 0.717) is 5.56 Å². The molecule has 17 heavy (non-hydrogen) atoms. The maximum Gasteiger partial charge on any atom is 0.255 e. The number of aryl methyl sites for hydroxylation is 1. The van der Waals surface area contributed by atoms with E-state index in [-0.39, 0.29) is 18.6 Å². The number of amides is 1. The predicted octanol–water partition coefficient (Wildman–Crippen LogP) is 2.35. The van der Waals surface area contributed by atoms with Gasteiger partial charge >= 0.3 is 0 Å². The van der Waals surface area contributed by atoms with Gasteiger partial charge in [-0.25, -0.2) is 0 Å². The smallest absolute Gasteiger partial charge is 0.255 e. The molecule has 3 nitrogen and oxygen atoms in total. The molecular weight excluding hydrogens is 282 g/mol. The lowest BCUT2D eigenvalue weighted by molar-refractivity contribution is 0.0676. The summed E-state index contributed by atoms with van der Waals surface area (Å²) >= 11 is 3.43. The number of hydrogen-bond donors (Lipinski definition) is 1. The highest BCUT2D eigenvalue weighted by atomic mass is 79.9. The number of aliphatic hydroxyl groups is 1. The molecular formula is C13H16BrNO2. The van der Waals surface area contributed by atoms with Crippen molar-refractivity contribution in [3.8, 4) is 0 Å². The Labute approximate surface area is 110 Å². The fourth-order valence-electron chi connectivity index (χ4n) is 2.24. The molecule has 1 saturated heterocycles. The van der Waals surface area contributed by atoms with Gasteiger partial charge in [0.2, 0.25) is 0 Å². The Balaban J connectivity index is 2.24. The molecule has 1 amide bonds. The molecule has 0 spiro atoms. The molecule has 0 saturated carbocycles. The number of carbonyl (C=O) groups is 1. The molecule has 92 valence electrons. The van der Waals surface area contributed by atoms with Crippen molar-refractivity contribution in [1.82, 2.24) is 4.90 Å². The molecule has 2 rings (SSSR count). The van der Waals surface area contributed by atoms with Gasteiger partial charge < -0.3 is 10.0 Å². The number of rotatable bonds is 2. The van der Waals surface area contributed by atoms with Crippen LogP contribution in [-0.4, -0.2) is 35.1 Å². The summed E-state index contributed by atoms with van der Waals surface area (Å²) in [7, 11) is 0. The van der Waals surface area contributed by atoms with Crippen LogP contribution in [0.3, 0.4) is 0 Å². The maximum atomic E-state index is 12.3. The number of benzene rings is 1. The number of likely N-dealkylation sites (tertiary alicyclic amines) is 1. The molecule has 1 aromatic carbocycles. The van der Waals surface area contributed by atoms with Crippen LogP contribution in [0.25, 0.3) is 0 Å². The van der Waals surface area contributed by atoms with E-state index < -0.39 is 0 Å². The fraction of sp³-hybridized carbons (Fsp3) is 0.462. The molecule has 1 fully saturated rings. The summed E-state index contributed by atoms with van der Waals surface area (Å²) in [6.07, 6.45) is 1.87. The Bertz CT molecular complexity index is 433. The lowest BCUT2D eigenvalue weighted by Gasteiger charge is -2.23. The Kier molecular flexibility index (Phi) is 3.84. The summed E-state index contributed by atoms with van der Waals surface area (Å²) < 4.78 is 0.825. The van der Waals surface area contributed by atoms with Crippen LogP contribution in [0, 0.1) is 6.92 Å². The molecule has 1 heterocycles. The van der Waals surface area contributed by atoms with Gasteiger partial charge in [-0.1, -0.05) is 6.07 Å². The highest BCUT2D eigenvalue weighted by Crippen LogP contribution is 2.24. The summed E-state index contributed by atoms with van der Waals surface area (Å²) in [6, 6.07) is 5.70. The lowest BCUT2D eigenvalue weighted by Crippen LogP contribution is -2.37. The SMILES string of the molecule is Cc1ccc(C(=O)N2CCC[C@@H]2CO)c(Br)c1. The largest absolute Gasteiger partial charge is 0.394 e. The number of carbonyl (C=O) groups excluding carboxylic acids is 1. The maximum absolute atomic E-state index is 12.3. The first-order valence-electron chi connectivity index (χ1n) is 5.81. The van der Waals surface area contributed by atoms with Crippen molar-refractivity contribution in [1.29, 1.82) is 0 Å². The summed E-state index contributed by atoms with van der Waals surface area (Å²) in [5.74, 6) is 0.00780. The van der Waals surface area contributed by atoms with E-state index in [1.165, 1.54) is 0 Å². The van der Waals surface area contributed by atoms with Crippen LogP contribution >= 0.6 is 15.9 Å². The normalized spacial score (nSPS) is 19.7. The standard InChI is InChI=1S/C13H16BrNO2/c1-9-4-5-11(12(14)7-9)13(17)15-6-2-3-10(15)8-16/h4-5,7,10,16H,2-3,6,8H2,1H3/t10-/m1/s1. The summed E-state index contributed by atoms with van der Waals surface area (Å²) in [6.45, 7) is 2.78. The van der Waals surface area contributed by atoms with Gasteiger partial charge in [0.15, 0.2) is 0 Å². The zero-order chi connectivity index (χ0) is 12.4. The quantitative estimate of drug-likeness (QED) is 0.910. The van der Waals surface area contributed by atoms with Crippen molar-refractivity contribution in [2.24, 2.45) is 0 Å². The Morgan fingerprint density at radius 1 is 1.59 bits per heavy atom. The van der Waals surface area contributed by atoms with Gasteiger partial charge in [0.05, 0.1) is 18.2 Å². The topological polar surface area (TPSA) is 40.5 Å². The average molecular weight is 298 g/mol. The molecule has 1 N–H and O–H groups in total. The third-order valence-corrected chi connectivity index (χ3v) is 3.86. The van der Waals surface area contributed by atoms with Crippen LogP contribution < -0.4 is 0 Å². The van der Waals surface area contributed by atoms with E-state index in [4.69, 9.17) is 0 Å². The Morgan fingerprint density at radius 3 is 3.00 bits per heavy atom. The van der Waals surface area contributed by atoms with Crippen molar-refractivity contribution >= 4 is 21.8 Å². The monoisotopic (exact) mass is 297 g/mol. The second-order valence-electron chi connectivity index (χ2n) is 4.46. The second kappa shape index (κ2) is 5.19. The molecule has 1 aliphatic rings. The van der Waals surface area contributed by atoms with Gasteiger partial charge in [-0.3, -0.25) is 4.79 Å². The van der Waals surface area contributed by atoms with E-state index in [0.717, 1.165) is 29.4 Å². The van der Waals surface area contributed by atoms with Crippen LogP contribution in [0.4, 0.5) is 0 Å². The summed E-state index contributed by atoms with van der Waals surface area (Å²) in [4.78, 5) is 14.1. The molecule has 0 radical (unpaired) electrons. The van der Waals surface area contributed by atoms with Crippen LogP contribution in [0.1, 0.15) is 28.8 Å². The lowest BCUT2D eigenvalue weighted by atomic mass is 10.1. The van der Waals surface area contributed by atoms with Crippen molar-refractivity contribution in [2.45, 2.75) is 25.8 Å². The van der Waals surface area contributed by atoms with Crippen molar-refractivity contribution in [3.05, 3.63) is 33.8 Å². The molecule has 1 aromatic rings. The Morgan fingerprint density at radius 2 is 2.35 bits per heavy atom. The van der Waals surface area contributed by atoms with Crippen molar-refractivity contribution in [3.63, 3.8) is 0 Å². The van der Waals surface area contributed by atoms with Crippen LogP contribution in [0.15, 0.2) is 22.7 Å². The number of nitrogens with zero attached hydrogens (tertiary/aromatic N) is 1. The van der Waals surface area contributed by atoms with Crippen molar-refractivity contribution in [2.75, 3.05) is 13.2 Å². The van der Waals surface area contributed by atoms with E-state index in [2.05, 4.69) is 15.9 Å². The Hall–Kier alpha value is -0.870. The van der Waals surface area contributed by atoms with Crippen molar-refractivity contribution < 1.29 is 9.90 Å². The molecule has 4 heteroatoms. The zero-order valence-corrected chi connectivity index (χ0v) is 11.4. The number of halogens is 1. The van der Waals surface area contributed by atoms with Gasteiger partial charge in [-0.05, 0) is 53.4 Å². The van der Waals surface area contributed by atoms with Crippen LogP contribution in [-0.2, 0) is 0 Å². The predicted molar refractivity (Wildman–Crippen MR) is 70.0 cm³/mol. The minimum atomic E-state index is -0.0179. The third-order valence-electron chi connectivity index (χ3n) is 3.20. The van der Waals surface area contributed by atoms with Crippen LogP contribution in [0.5, 0.6) is 0 Å². The molecule has 1 atom stereocenters.